The maximum absolute atomic E-state index is 12.0. The molecule has 4 rings (SSSR count). The van der Waals surface area contributed by atoms with Crippen molar-refractivity contribution in [3.05, 3.63) is 71.4 Å². The van der Waals surface area contributed by atoms with Gasteiger partial charge in [-0.1, -0.05) is 62.6 Å². The van der Waals surface area contributed by atoms with E-state index in [1.165, 1.54) is 0 Å². The molecule has 0 aliphatic heterocycles. The van der Waals surface area contributed by atoms with Crippen molar-refractivity contribution < 1.29 is 14.6 Å². The number of hydrogen-bond acceptors (Lipinski definition) is 3. The molecule has 30 heavy (non-hydrogen) atoms. The Kier molecular flexibility index (Phi) is 6.32. The van der Waals surface area contributed by atoms with Gasteiger partial charge in [0.1, 0.15) is 12.4 Å². The van der Waals surface area contributed by atoms with Gasteiger partial charge in [-0.15, -0.1) is 0 Å². The van der Waals surface area contributed by atoms with Crippen molar-refractivity contribution in [2.45, 2.75) is 58.0 Å². The minimum Gasteiger partial charge on any atom is -0.487 e. The molecular formula is C26H29NO3. The molecule has 1 aliphatic carbocycles. The molecule has 0 bridgehead atoms. The van der Waals surface area contributed by atoms with E-state index >= 15 is 0 Å². The summed E-state index contributed by atoms with van der Waals surface area (Å²) in [5.41, 5.74) is 3.84. The Labute approximate surface area is 177 Å². The van der Waals surface area contributed by atoms with Gasteiger partial charge in [-0.25, -0.2) is 4.98 Å². The SMILES string of the molecule is CCCc1cc(C(C(=O)O)C2CCCC2)ccc1OCc1ccc2ccccc2n1. The monoisotopic (exact) mass is 403 g/mol. The fraction of sp³-hybridized carbons (Fsp3) is 0.385. The molecule has 1 heterocycles. The second-order valence-electron chi connectivity index (χ2n) is 8.26. The van der Waals surface area contributed by atoms with Crippen LogP contribution in [-0.4, -0.2) is 16.1 Å². The van der Waals surface area contributed by atoms with E-state index in [2.05, 4.69) is 24.0 Å². The van der Waals surface area contributed by atoms with Crippen molar-refractivity contribution in [2.24, 2.45) is 5.92 Å². The first-order valence-corrected chi connectivity index (χ1v) is 11.0. The number of fused-ring (bicyclic) bond motifs is 1. The van der Waals surface area contributed by atoms with E-state index in [1.54, 1.807) is 0 Å². The summed E-state index contributed by atoms with van der Waals surface area (Å²) in [6.45, 7) is 2.53. The van der Waals surface area contributed by atoms with Gasteiger partial charge in [-0.2, -0.15) is 0 Å². The minimum atomic E-state index is -0.710. The number of aromatic nitrogens is 1. The number of para-hydroxylation sites is 1. The summed E-state index contributed by atoms with van der Waals surface area (Å²) in [5.74, 6) is -0.0608. The van der Waals surface area contributed by atoms with Gasteiger partial charge in [0.15, 0.2) is 0 Å². The van der Waals surface area contributed by atoms with Crippen LogP contribution in [0.15, 0.2) is 54.6 Å². The maximum atomic E-state index is 12.0. The molecule has 2 aromatic carbocycles. The Balaban J connectivity index is 1.55. The zero-order chi connectivity index (χ0) is 20.9. The molecule has 1 fully saturated rings. The quantitative estimate of drug-likeness (QED) is 0.492. The van der Waals surface area contributed by atoms with E-state index in [-0.39, 0.29) is 5.92 Å². The summed E-state index contributed by atoms with van der Waals surface area (Å²) in [5, 5.41) is 11.0. The van der Waals surface area contributed by atoms with Crippen LogP contribution in [0.5, 0.6) is 5.75 Å². The highest BCUT2D eigenvalue weighted by atomic mass is 16.5. The van der Waals surface area contributed by atoms with Gasteiger partial charge in [0, 0.05) is 5.39 Å². The number of carbonyl (C=O) groups is 1. The summed E-state index contributed by atoms with van der Waals surface area (Å²) in [6, 6.07) is 18.1. The minimum absolute atomic E-state index is 0.241. The lowest BCUT2D eigenvalue weighted by atomic mass is 9.84. The van der Waals surface area contributed by atoms with E-state index in [1.807, 2.05) is 42.5 Å². The summed E-state index contributed by atoms with van der Waals surface area (Å²) >= 11 is 0. The second kappa shape index (κ2) is 9.29. The molecule has 1 N–H and O–H groups in total. The van der Waals surface area contributed by atoms with Gasteiger partial charge in [0.25, 0.3) is 0 Å². The highest BCUT2D eigenvalue weighted by molar-refractivity contribution is 5.78. The standard InChI is InChI=1S/C26H29NO3/c1-2-7-20-16-21(25(26(28)29)19-9-3-4-10-19)13-15-24(20)30-17-22-14-12-18-8-5-6-11-23(18)27-22/h5-6,8,11-16,19,25H,2-4,7,9-10,17H2,1H3,(H,28,29). The Hall–Kier alpha value is -2.88. The lowest BCUT2D eigenvalue weighted by Gasteiger charge is -2.21. The largest absolute Gasteiger partial charge is 0.487 e. The van der Waals surface area contributed by atoms with Crippen LogP contribution in [-0.2, 0) is 17.8 Å². The van der Waals surface area contributed by atoms with Crippen LogP contribution in [0.25, 0.3) is 10.9 Å². The first kappa shape index (κ1) is 20.4. The predicted octanol–water partition coefficient (Wildman–Crippen LogP) is 6.12. The molecule has 4 nitrogen and oxygen atoms in total. The van der Waals surface area contributed by atoms with Crippen LogP contribution in [0.1, 0.15) is 61.8 Å². The smallest absolute Gasteiger partial charge is 0.311 e. The molecule has 0 spiro atoms. The lowest BCUT2D eigenvalue weighted by Crippen LogP contribution is -2.20. The number of pyridine rings is 1. The molecule has 1 atom stereocenters. The number of ether oxygens (including phenoxy) is 1. The summed E-state index contributed by atoms with van der Waals surface area (Å²) in [6.07, 6.45) is 6.13. The number of carboxylic acids is 1. The fourth-order valence-corrected chi connectivity index (χ4v) is 4.65. The topological polar surface area (TPSA) is 59.4 Å². The van der Waals surface area contributed by atoms with E-state index in [0.717, 1.165) is 72.0 Å². The van der Waals surface area contributed by atoms with Crippen LogP contribution < -0.4 is 4.74 Å². The van der Waals surface area contributed by atoms with Crippen LogP contribution in [0, 0.1) is 5.92 Å². The lowest BCUT2D eigenvalue weighted by molar-refractivity contribution is -0.140. The van der Waals surface area contributed by atoms with Crippen molar-refractivity contribution in [1.29, 1.82) is 0 Å². The number of aliphatic carboxylic acids is 1. The van der Waals surface area contributed by atoms with Crippen molar-refractivity contribution in [3.63, 3.8) is 0 Å². The van der Waals surface area contributed by atoms with Crippen molar-refractivity contribution in [2.75, 3.05) is 0 Å². The zero-order valence-electron chi connectivity index (χ0n) is 17.5. The average molecular weight is 404 g/mol. The third kappa shape index (κ3) is 4.48. The van der Waals surface area contributed by atoms with Gasteiger partial charge < -0.3 is 9.84 Å². The normalized spacial score (nSPS) is 15.4. The highest BCUT2D eigenvalue weighted by Gasteiger charge is 2.32. The fourth-order valence-electron chi connectivity index (χ4n) is 4.65. The van der Waals surface area contributed by atoms with Gasteiger partial charge in [0.05, 0.1) is 17.1 Å². The predicted molar refractivity (Wildman–Crippen MR) is 119 cm³/mol. The van der Waals surface area contributed by atoms with E-state index in [4.69, 9.17) is 4.74 Å². The number of hydrogen-bond donors (Lipinski definition) is 1. The van der Waals surface area contributed by atoms with Crippen molar-refractivity contribution in [1.82, 2.24) is 4.98 Å². The first-order chi connectivity index (χ1) is 14.7. The van der Waals surface area contributed by atoms with Gasteiger partial charge in [-0.05, 0) is 54.5 Å². The zero-order valence-corrected chi connectivity index (χ0v) is 17.5. The van der Waals surface area contributed by atoms with E-state index in [0.29, 0.717) is 6.61 Å². The molecule has 4 heteroatoms. The van der Waals surface area contributed by atoms with Crippen LogP contribution in [0.4, 0.5) is 0 Å². The van der Waals surface area contributed by atoms with Crippen molar-refractivity contribution >= 4 is 16.9 Å². The highest BCUT2D eigenvalue weighted by Crippen LogP contribution is 2.39. The first-order valence-electron chi connectivity index (χ1n) is 11.0. The number of rotatable bonds is 8. The number of nitrogens with zero attached hydrogens (tertiary/aromatic N) is 1. The Bertz CT molecular complexity index is 1020. The summed E-state index contributed by atoms with van der Waals surface area (Å²) in [7, 11) is 0. The van der Waals surface area contributed by atoms with E-state index < -0.39 is 11.9 Å². The number of aryl methyl sites for hydroxylation is 1. The van der Waals surface area contributed by atoms with E-state index in [9.17, 15) is 9.90 Å². The molecular weight excluding hydrogens is 374 g/mol. The maximum Gasteiger partial charge on any atom is 0.311 e. The molecule has 1 aromatic heterocycles. The van der Waals surface area contributed by atoms with Crippen LogP contribution >= 0.6 is 0 Å². The molecule has 1 saturated carbocycles. The molecule has 156 valence electrons. The third-order valence-corrected chi connectivity index (χ3v) is 6.13. The average Bonchev–Trinajstić information content (AvgIpc) is 3.27. The van der Waals surface area contributed by atoms with Crippen LogP contribution in [0.2, 0.25) is 0 Å². The molecule has 0 radical (unpaired) electrons. The Morgan fingerprint density at radius 2 is 1.93 bits per heavy atom. The molecule has 0 amide bonds. The number of carboxylic acid groups (broad SMARTS) is 1. The summed E-state index contributed by atoms with van der Waals surface area (Å²) < 4.78 is 6.14. The summed E-state index contributed by atoms with van der Waals surface area (Å²) in [4.78, 5) is 16.7. The van der Waals surface area contributed by atoms with Crippen LogP contribution in [0.3, 0.4) is 0 Å². The second-order valence-corrected chi connectivity index (χ2v) is 8.26. The van der Waals surface area contributed by atoms with Gasteiger partial charge in [0.2, 0.25) is 0 Å². The molecule has 1 unspecified atom stereocenters. The number of benzene rings is 2. The molecule has 1 aliphatic rings. The Morgan fingerprint density at radius 1 is 1.13 bits per heavy atom. The van der Waals surface area contributed by atoms with Gasteiger partial charge >= 0.3 is 5.97 Å². The molecule has 0 saturated heterocycles. The Morgan fingerprint density at radius 3 is 2.70 bits per heavy atom. The molecule has 3 aromatic rings. The van der Waals surface area contributed by atoms with Gasteiger partial charge in [-0.3, -0.25) is 4.79 Å². The van der Waals surface area contributed by atoms with Crippen molar-refractivity contribution in [3.8, 4) is 5.75 Å². The third-order valence-electron chi connectivity index (χ3n) is 6.13.